The fourth-order valence-electron chi connectivity index (χ4n) is 1.55. The summed E-state index contributed by atoms with van der Waals surface area (Å²) >= 11 is 5.13. The summed E-state index contributed by atoms with van der Waals surface area (Å²) < 4.78 is 23.7. The number of thioether (sulfide) groups is 1. The van der Waals surface area contributed by atoms with Crippen molar-refractivity contribution in [2.75, 3.05) is 17.3 Å². The zero-order valence-electron chi connectivity index (χ0n) is 11.0. The minimum Gasteiger partial charge on any atom is -0.327 e. The van der Waals surface area contributed by atoms with Crippen molar-refractivity contribution in [2.45, 2.75) is 30.7 Å². The van der Waals surface area contributed by atoms with Gasteiger partial charge in [0.05, 0.1) is 5.75 Å². The molecule has 0 aliphatic heterocycles. The van der Waals surface area contributed by atoms with Crippen LogP contribution < -0.4 is 5.73 Å². The minimum atomic E-state index is -2.86. The van der Waals surface area contributed by atoms with Gasteiger partial charge in [-0.15, -0.1) is 11.8 Å². The molecule has 0 radical (unpaired) electrons. The van der Waals surface area contributed by atoms with Crippen LogP contribution in [0, 0.1) is 0 Å². The highest BCUT2D eigenvalue weighted by atomic mass is 79.9. The quantitative estimate of drug-likeness (QED) is 0.719. The van der Waals surface area contributed by atoms with E-state index in [9.17, 15) is 8.42 Å². The summed E-state index contributed by atoms with van der Waals surface area (Å²) in [5, 5.41) is 0. The van der Waals surface area contributed by atoms with Crippen molar-refractivity contribution in [3.8, 4) is 0 Å². The molecule has 108 valence electrons. The maximum Gasteiger partial charge on any atom is 0.150 e. The molecule has 3 nitrogen and oxygen atoms in total. The van der Waals surface area contributed by atoms with Crippen molar-refractivity contribution in [1.29, 1.82) is 0 Å². The van der Waals surface area contributed by atoms with Crippen LogP contribution in [0.2, 0.25) is 0 Å². The third-order valence-electron chi connectivity index (χ3n) is 2.73. The first-order valence-corrected chi connectivity index (χ1v) is 9.87. The van der Waals surface area contributed by atoms with Crippen LogP contribution in [0.15, 0.2) is 33.6 Å². The second kappa shape index (κ2) is 8.29. The monoisotopic (exact) mass is 365 g/mol. The summed E-state index contributed by atoms with van der Waals surface area (Å²) in [5.74, 6) is 1.27. The summed E-state index contributed by atoms with van der Waals surface area (Å²) in [7, 11) is -2.86. The molecular formula is C13H20BrNO2S2. The van der Waals surface area contributed by atoms with E-state index in [1.54, 1.807) is 18.7 Å². The van der Waals surface area contributed by atoms with Crippen LogP contribution in [0.1, 0.15) is 19.8 Å². The molecule has 0 saturated heterocycles. The molecule has 1 unspecified atom stereocenters. The van der Waals surface area contributed by atoms with Gasteiger partial charge in [0.15, 0.2) is 0 Å². The van der Waals surface area contributed by atoms with E-state index in [2.05, 4.69) is 22.0 Å². The molecule has 0 aliphatic carbocycles. The van der Waals surface area contributed by atoms with Gasteiger partial charge in [-0.2, -0.15) is 0 Å². The van der Waals surface area contributed by atoms with E-state index in [1.165, 1.54) is 4.90 Å². The number of hydrogen-bond donors (Lipinski definition) is 1. The maximum absolute atomic E-state index is 11.3. The molecule has 1 rings (SSSR count). The minimum absolute atomic E-state index is 0.0380. The highest BCUT2D eigenvalue weighted by Gasteiger charge is 2.09. The van der Waals surface area contributed by atoms with Crippen LogP contribution in [0.4, 0.5) is 0 Å². The lowest BCUT2D eigenvalue weighted by Crippen LogP contribution is -2.24. The zero-order chi connectivity index (χ0) is 14.3. The number of halogens is 1. The molecule has 0 aliphatic rings. The fourth-order valence-corrected chi connectivity index (χ4v) is 3.96. The molecule has 0 amide bonds. The number of hydrogen-bond acceptors (Lipinski definition) is 4. The van der Waals surface area contributed by atoms with Gasteiger partial charge in [0.25, 0.3) is 0 Å². The Morgan fingerprint density at radius 1 is 1.42 bits per heavy atom. The van der Waals surface area contributed by atoms with Crippen LogP contribution in [0.25, 0.3) is 0 Å². The molecule has 0 aromatic heterocycles. The average Bonchev–Trinajstić information content (AvgIpc) is 2.36. The van der Waals surface area contributed by atoms with Crippen molar-refractivity contribution >= 4 is 37.5 Å². The normalized spacial score (nSPS) is 13.4. The Bertz CT molecular complexity index is 491. The van der Waals surface area contributed by atoms with Gasteiger partial charge in [0, 0.05) is 26.9 Å². The molecule has 19 heavy (non-hydrogen) atoms. The predicted octanol–water partition coefficient (Wildman–Crippen LogP) is 3.08. The smallest absolute Gasteiger partial charge is 0.150 e. The molecule has 0 bridgehead atoms. The van der Waals surface area contributed by atoms with E-state index in [1.807, 2.05) is 18.2 Å². The fraction of sp³-hybridized carbons (Fsp3) is 0.538. The highest BCUT2D eigenvalue weighted by Crippen LogP contribution is 2.22. The topological polar surface area (TPSA) is 60.2 Å². The van der Waals surface area contributed by atoms with E-state index < -0.39 is 9.84 Å². The first-order valence-electron chi connectivity index (χ1n) is 6.27. The first kappa shape index (κ1) is 17.0. The lowest BCUT2D eigenvalue weighted by molar-refractivity contribution is 0.587. The molecule has 6 heteroatoms. The van der Waals surface area contributed by atoms with Gasteiger partial charge in [-0.05, 0) is 31.0 Å². The summed E-state index contributed by atoms with van der Waals surface area (Å²) in [5.41, 5.74) is 6.00. The molecule has 1 aromatic rings. The van der Waals surface area contributed by atoms with E-state index in [0.29, 0.717) is 6.42 Å². The zero-order valence-corrected chi connectivity index (χ0v) is 14.2. The van der Waals surface area contributed by atoms with Gasteiger partial charge in [0.2, 0.25) is 0 Å². The predicted molar refractivity (Wildman–Crippen MR) is 86.4 cm³/mol. The van der Waals surface area contributed by atoms with Crippen LogP contribution in [-0.2, 0) is 9.84 Å². The number of sulfone groups is 1. The third-order valence-corrected chi connectivity index (χ3v) is 6.20. The lowest BCUT2D eigenvalue weighted by atomic mass is 10.2. The van der Waals surface area contributed by atoms with Crippen molar-refractivity contribution in [1.82, 2.24) is 0 Å². The summed E-state index contributed by atoms with van der Waals surface area (Å²) in [6.07, 6.45) is 1.40. The Morgan fingerprint density at radius 3 is 2.79 bits per heavy atom. The second-order valence-electron chi connectivity index (χ2n) is 4.41. The molecule has 0 saturated carbocycles. The van der Waals surface area contributed by atoms with E-state index in [0.717, 1.165) is 16.6 Å². The van der Waals surface area contributed by atoms with Gasteiger partial charge in [0.1, 0.15) is 9.84 Å². The van der Waals surface area contributed by atoms with Gasteiger partial charge in [-0.1, -0.05) is 28.9 Å². The van der Waals surface area contributed by atoms with Gasteiger partial charge in [-0.25, -0.2) is 8.42 Å². The Balaban J connectivity index is 2.27. The summed E-state index contributed by atoms with van der Waals surface area (Å²) in [6, 6.07) is 8.12. The van der Waals surface area contributed by atoms with Gasteiger partial charge < -0.3 is 5.73 Å². The van der Waals surface area contributed by atoms with Crippen LogP contribution in [0.3, 0.4) is 0 Å². The Kier molecular flexibility index (Phi) is 7.42. The molecule has 0 spiro atoms. The Hall–Kier alpha value is -0.0400. The molecule has 0 heterocycles. The summed E-state index contributed by atoms with van der Waals surface area (Å²) in [6.45, 7) is 1.68. The lowest BCUT2D eigenvalue weighted by Gasteiger charge is -2.11. The number of rotatable bonds is 8. The Morgan fingerprint density at radius 2 is 2.16 bits per heavy atom. The highest BCUT2D eigenvalue weighted by molar-refractivity contribution is 9.10. The maximum atomic E-state index is 11.3. The molecule has 2 N–H and O–H groups in total. The van der Waals surface area contributed by atoms with Crippen LogP contribution in [-0.4, -0.2) is 31.7 Å². The van der Waals surface area contributed by atoms with Crippen molar-refractivity contribution in [3.05, 3.63) is 28.7 Å². The molecule has 0 fully saturated rings. The van der Waals surface area contributed by atoms with Crippen molar-refractivity contribution < 1.29 is 8.42 Å². The standard InChI is InChI=1S/C13H20BrNO2S2/c1-2-19(16,17)8-4-6-12(15)10-18-13-7-3-5-11(14)9-13/h3,5,7,9,12H,2,4,6,8,10,15H2,1H3. The van der Waals surface area contributed by atoms with Crippen LogP contribution >= 0.6 is 27.7 Å². The second-order valence-corrected chi connectivity index (χ2v) is 8.89. The SMILES string of the molecule is CCS(=O)(=O)CCCC(N)CSc1cccc(Br)c1. The molecule has 1 aromatic carbocycles. The summed E-state index contributed by atoms with van der Waals surface area (Å²) in [4.78, 5) is 1.17. The molecular weight excluding hydrogens is 346 g/mol. The van der Waals surface area contributed by atoms with Gasteiger partial charge >= 0.3 is 0 Å². The van der Waals surface area contributed by atoms with E-state index in [4.69, 9.17) is 5.73 Å². The van der Waals surface area contributed by atoms with Crippen molar-refractivity contribution in [2.24, 2.45) is 5.73 Å². The van der Waals surface area contributed by atoms with E-state index in [-0.39, 0.29) is 17.5 Å². The van der Waals surface area contributed by atoms with Gasteiger partial charge in [-0.3, -0.25) is 0 Å². The van der Waals surface area contributed by atoms with Crippen LogP contribution in [0.5, 0.6) is 0 Å². The molecule has 1 atom stereocenters. The third kappa shape index (κ3) is 7.34. The largest absolute Gasteiger partial charge is 0.327 e. The van der Waals surface area contributed by atoms with Crippen molar-refractivity contribution in [3.63, 3.8) is 0 Å². The van der Waals surface area contributed by atoms with E-state index >= 15 is 0 Å². The first-order chi connectivity index (χ1) is 8.93. The Labute approximate surface area is 128 Å². The average molecular weight is 366 g/mol. The number of nitrogens with two attached hydrogens (primary N) is 1. The number of benzene rings is 1.